The van der Waals surface area contributed by atoms with E-state index in [1.165, 1.54) is 31.2 Å². The molecule has 0 aliphatic rings. The summed E-state index contributed by atoms with van der Waals surface area (Å²) in [4.78, 5) is 35.9. The van der Waals surface area contributed by atoms with Gasteiger partial charge in [-0.25, -0.2) is 18.0 Å². The molecule has 2 aromatic rings. The van der Waals surface area contributed by atoms with Crippen LogP contribution in [0.5, 0.6) is 0 Å². The number of carbonyl (C=O) groups excluding carboxylic acids is 3. The second kappa shape index (κ2) is 9.33. The molecule has 0 aliphatic heterocycles. The summed E-state index contributed by atoms with van der Waals surface area (Å²) in [6, 6.07) is 10.2. The fourth-order valence-corrected chi connectivity index (χ4v) is 3.56. The Balaban J connectivity index is 1.97. The second-order valence-electron chi connectivity index (χ2n) is 6.23. The van der Waals surface area contributed by atoms with Gasteiger partial charge in [0.15, 0.2) is 16.4 Å². The number of aryl methyl sites for hydroxylation is 1. The summed E-state index contributed by atoms with van der Waals surface area (Å²) < 4.78 is 29.1. The van der Waals surface area contributed by atoms with Crippen molar-refractivity contribution < 1.29 is 27.5 Å². The van der Waals surface area contributed by atoms with Crippen LogP contribution in [0.2, 0.25) is 0 Å². The molecule has 0 saturated heterocycles. The highest BCUT2D eigenvalue weighted by Gasteiger charge is 2.22. The molecule has 0 fully saturated rings. The minimum absolute atomic E-state index is 0.165. The number of nitrogens with one attached hydrogen (secondary N) is 2. The Morgan fingerprint density at radius 1 is 1.00 bits per heavy atom. The Bertz CT molecular complexity index is 1050. The number of esters is 1. The van der Waals surface area contributed by atoms with Gasteiger partial charge in [0.2, 0.25) is 0 Å². The van der Waals surface area contributed by atoms with Crippen molar-refractivity contribution in [2.45, 2.75) is 25.7 Å². The van der Waals surface area contributed by atoms with Crippen molar-refractivity contribution in [2.75, 3.05) is 17.7 Å². The first-order valence-corrected chi connectivity index (χ1v) is 10.5. The number of anilines is 1. The average molecular weight is 418 g/mol. The number of hydrogen-bond acceptors (Lipinski definition) is 6. The maximum Gasteiger partial charge on any atom is 0.339 e. The molecule has 0 heterocycles. The molecule has 2 aromatic carbocycles. The van der Waals surface area contributed by atoms with Crippen LogP contribution in [0, 0.1) is 13.8 Å². The predicted octanol–water partition coefficient (Wildman–Crippen LogP) is 2.60. The zero-order valence-electron chi connectivity index (χ0n) is 16.3. The van der Waals surface area contributed by atoms with Crippen molar-refractivity contribution in [1.82, 2.24) is 5.32 Å². The number of rotatable bonds is 6. The van der Waals surface area contributed by atoms with Crippen LogP contribution >= 0.6 is 0 Å². The SMILES string of the molecule is CCS(=O)(=O)c1ccccc1C(=O)OCC(=O)NC(=O)Nc1cccc(C)c1C. The summed E-state index contributed by atoms with van der Waals surface area (Å²) in [6.45, 7) is 4.44. The lowest BCUT2D eigenvalue weighted by atomic mass is 10.1. The first-order chi connectivity index (χ1) is 13.7. The molecule has 0 radical (unpaired) electrons. The van der Waals surface area contributed by atoms with E-state index in [0.717, 1.165) is 11.1 Å². The lowest BCUT2D eigenvalue weighted by Crippen LogP contribution is -2.37. The fourth-order valence-electron chi connectivity index (χ4n) is 2.47. The predicted molar refractivity (Wildman–Crippen MR) is 108 cm³/mol. The monoisotopic (exact) mass is 418 g/mol. The number of ether oxygens (including phenoxy) is 1. The van der Waals surface area contributed by atoms with Crippen LogP contribution in [0.25, 0.3) is 0 Å². The van der Waals surface area contributed by atoms with E-state index in [9.17, 15) is 22.8 Å². The number of carbonyl (C=O) groups is 3. The summed E-state index contributed by atoms with van der Waals surface area (Å²) in [6.07, 6.45) is 0. The number of imide groups is 1. The van der Waals surface area contributed by atoms with E-state index in [2.05, 4.69) is 10.6 Å². The maximum atomic E-state index is 12.2. The highest BCUT2D eigenvalue weighted by molar-refractivity contribution is 7.91. The van der Waals surface area contributed by atoms with E-state index < -0.39 is 34.4 Å². The second-order valence-corrected chi connectivity index (χ2v) is 8.47. The summed E-state index contributed by atoms with van der Waals surface area (Å²) in [5.74, 6) is -2.00. The molecule has 8 nitrogen and oxygen atoms in total. The summed E-state index contributed by atoms with van der Waals surface area (Å²) in [5, 5.41) is 4.60. The molecule has 2 N–H and O–H groups in total. The molecule has 0 atom stereocenters. The Morgan fingerprint density at radius 3 is 2.38 bits per heavy atom. The number of sulfone groups is 1. The molecule has 2 rings (SSSR count). The smallest absolute Gasteiger partial charge is 0.339 e. The normalized spacial score (nSPS) is 10.9. The van der Waals surface area contributed by atoms with Crippen LogP contribution in [0.3, 0.4) is 0 Å². The van der Waals surface area contributed by atoms with Crippen molar-refractivity contribution in [3.05, 3.63) is 59.2 Å². The van der Waals surface area contributed by atoms with Crippen molar-refractivity contribution in [2.24, 2.45) is 0 Å². The Morgan fingerprint density at radius 2 is 1.69 bits per heavy atom. The third kappa shape index (κ3) is 5.64. The number of amides is 3. The molecule has 0 spiro atoms. The van der Waals surface area contributed by atoms with Crippen molar-refractivity contribution in [3.63, 3.8) is 0 Å². The van der Waals surface area contributed by atoms with E-state index >= 15 is 0 Å². The van der Waals surface area contributed by atoms with Gasteiger partial charge in [0, 0.05) is 5.69 Å². The first kappa shape index (κ1) is 22.1. The third-order valence-corrected chi connectivity index (χ3v) is 6.05. The minimum atomic E-state index is -3.64. The maximum absolute atomic E-state index is 12.2. The molecule has 0 bridgehead atoms. The van der Waals surface area contributed by atoms with Crippen LogP contribution < -0.4 is 10.6 Å². The van der Waals surface area contributed by atoms with E-state index in [-0.39, 0.29) is 16.2 Å². The minimum Gasteiger partial charge on any atom is -0.452 e. The van der Waals surface area contributed by atoms with E-state index in [0.29, 0.717) is 5.69 Å². The van der Waals surface area contributed by atoms with E-state index in [4.69, 9.17) is 4.74 Å². The summed E-state index contributed by atoms with van der Waals surface area (Å²) in [5.41, 5.74) is 2.21. The lowest BCUT2D eigenvalue weighted by molar-refractivity contribution is -0.123. The molecular weight excluding hydrogens is 396 g/mol. The van der Waals surface area contributed by atoms with Crippen molar-refractivity contribution >= 4 is 33.4 Å². The zero-order chi connectivity index (χ0) is 21.6. The molecule has 0 unspecified atom stereocenters. The first-order valence-electron chi connectivity index (χ1n) is 8.81. The molecule has 0 aromatic heterocycles. The highest BCUT2D eigenvalue weighted by atomic mass is 32.2. The molecule has 0 aliphatic carbocycles. The highest BCUT2D eigenvalue weighted by Crippen LogP contribution is 2.18. The molecule has 29 heavy (non-hydrogen) atoms. The number of urea groups is 1. The molecule has 0 saturated carbocycles. The van der Waals surface area contributed by atoms with E-state index in [1.807, 2.05) is 19.9 Å². The zero-order valence-corrected chi connectivity index (χ0v) is 17.1. The number of benzene rings is 2. The van der Waals surface area contributed by atoms with Gasteiger partial charge in [0.1, 0.15) is 0 Å². The van der Waals surface area contributed by atoms with Crippen LogP contribution in [0.1, 0.15) is 28.4 Å². The Hall–Kier alpha value is -3.20. The number of hydrogen-bond donors (Lipinski definition) is 2. The van der Waals surface area contributed by atoms with Gasteiger partial charge in [0.05, 0.1) is 16.2 Å². The van der Waals surface area contributed by atoms with Gasteiger partial charge in [-0.3, -0.25) is 10.1 Å². The molecular formula is C20H22N2O6S. The van der Waals surface area contributed by atoms with E-state index in [1.54, 1.807) is 12.1 Å². The van der Waals surface area contributed by atoms with Crippen LogP contribution in [0.4, 0.5) is 10.5 Å². The molecule has 3 amide bonds. The Labute approximate surface area is 169 Å². The van der Waals surface area contributed by atoms with Gasteiger partial charge in [-0.2, -0.15) is 0 Å². The van der Waals surface area contributed by atoms with Crippen LogP contribution in [-0.2, 0) is 19.4 Å². The standard InChI is InChI=1S/C20H22N2O6S/c1-4-29(26,27)17-11-6-5-9-15(17)19(24)28-12-18(23)22-20(25)21-16-10-7-8-13(2)14(16)3/h5-11H,4,12H2,1-3H3,(H2,21,22,23,25). The van der Waals surface area contributed by atoms with Gasteiger partial charge in [-0.1, -0.05) is 31.2 Å². The van der Waals surface area contributed by atoms with Crippen LogP contribution in [0.15, 0.2) is 47.4 Å². The summed E-state index contributed by atoms with van der Waals surface area (Å²) in [7, 11) is -3.64. The van der Waals surface area contributed by atoms with Crippen molar-refractivity contribution in [1.29, 1.82) is 0 Å². The van der Waals surface area contributed by atoms with Crippen LogP contribution in [-0.4, -0.2) is 38.7 Å². The largest absolute Gasteiger partial charge is 0.452 e. The van der Waals surface area contributed by atoms with Gasteiger partial charge >= 0.3 is 12.0 Å². The average Bonchev–Trinajstić information content (AvgIpc) is 2.69. The quantitative estimate of drug-likeness (QED) is 0.696. The van der Waals surface area contributed by atoms with Gasteiger partial charge in [-0.15, -0.1) is 0 Å². The van der Waals surface area contributed by atoms with Gasteiger partial charge in [0.25, 0.3) is 5.91 Å². The van der Waals surface area contributed by atoms with Crippen molar-refractivity contribution in [3.8, 4) is 0 Å². The Kier molecular flexibility index (Phi) is 7.11. The van der Waals surface area contributed by atoms with Gasteiger partial charge < -0.3 is 10.1 Å². The lowest BCUT2D eigenvalue weighted by Gasteiger charge is -2.11. The molecule has 154 valence electrons. The fraction of sp³-hybridized carbons (Fsp3) is 0.250. The third-order valence-electron chi connectivity index (χ3n) is 4.26. The molecule has 9 heteroatoms. The summed E-state index contributed by atoms with van der Waals surface area (Å²) >= 11 is 0. The van der Waals surface area contributed by atoms with Gasteiger partial charge in [-0.05, 0) is 43.2 Å². The topological polar surface area (TPSA) is 119 Å².